The Balaban J connectivity index is 0.00000312. The number of ether oxygens (including phenoxy) is 1. The largest absolute Gasteiger partial charge is 0.496 e. The number of halogens is 3. The van der Waals surface area contributed by atoms with Gasteiger partial charge in [0.15, 0.2) is 0 Å². The lowest BCUT2D eigenvalue weighted by atomic mass is 10.1. The van der Waals surface area contributed by atoms with Crippen molar-refractivity contribution in [3.8, 4) is 5.75 Å². The van der Waals surface area contributed by atoms with E-state index in [1.54, 1.807) is 6.07 Å². The summed E-state index contributed by atoms with van der Waals surface area (Å²) in [5.74, 6) is 0.143. The Bertz CT molecular complexity index is 740. The van der Waals surface area contributed by atoms with Gasteiger partial charge in [0.05, 0.1) is 23.4 Å². The lowest BCUT2D eigenvalue weighted by Gasteiger charge is -2.15. The number of nitrogen functional groups attached to an aromatic ring is 1. The lowest BCUT2D eigenvalue weighted by Crippen LogP contribution is -2.24. The topological polar surface area (TPSA) is 67.6 Å². The van der Waals surface area contributed by atoms with Gasteiger partial charge in [0.1, 0.15) is 5.75 Å². The average molecular weight is 421 g/mol. The van der Waals surface area contributed by atoms with Crippen molar-refractivity contribution in [2.75, 3.05) is 26.9 Å². The summed E-state index contributed by atoms with van der Waals surface area (Å²) in [5.41, 5.74) is 8.73. The summed E-state index contributed by atoms with van der Waals surface area (Å²) in [6.07, 6.45) is 0. The molecular weight excluding hydrogens is 397 g/mol. The van der Waals surface area contributed by atoms with Gasteiger partial charge in [0, 0.05) is 19.2 Å². The molecule has 0 atom stereocenters. The molecule has 0 unspecified atom stereocenters. The van der Waals surface area contributed by atoms with Crippen LogP contribution in [0.25, 0.3) is 0 Å². The van der Waals surface area contributed by atoms with E-state index in [9.17, 15) is 4.79 Å². The number of hydrogen-bond donors (Lipinski definition) is 2. The van der Waals surface area contributed by atoms with Gasteiger partial charge in [-0.25, -0.2) is 0 Å². The van der Waals surface area contributed by atoms with E-state index in [1.807, 2.05) is 32.3 Å². The number of benzene rings is 2. The van der Waals surface area contributed by atoms with Gasteiger partial charge in [-0.15, -0.1) is 24.8 Å². The summed E-state index contributed by atoms with van der Waals surface area (Å²) in [4.78, 5) is 14.6. The minimum atomic E-state index is -0.256. The molecule has 0 radical (unpaired) electrons. The second kappa shape index (κ2) is 11.1. The molecule has 0 saturated heterocycles. The molecule has 0 heterocycles. The van der Waals surface area contributed by atoms with Gasteiger partial charge in [-0.05, 0) is 31.3 Å². The first kappa shape index (κ1) is 24.3. The number of methoxy groups -OCH3 is 1. The molecule has 144 valence electrons. The summed E-state index contributed by atoms with van der Waals surface area (Å²) in [5, 5.41) is 3.24. The monoisotopic (exact) mass is 419 g/mol. The van der Waals surface area contributed by atoms with Crippen LogP contribution >= 0.6 is 36.4 Å². The van der Waals surface area contributed by atoms with E-state index < -0.39 is 0 Å². The van der Waals surface area contributed by atoms with Crippen molar-refractivity contribution in [2.45, 2.75) is 13.1 Å². The van der Waals surface area contributed by atoms with Crippen LogP contribution in [-0.2, 0) is 13.1 Å². The van der Waals surface area contributed by atoms with Crippen LogP contribution in [0, 0.1) is 0 Å². The van der Waals surface area contributed by atoms with Gasteiger partial charge in [-0.1, -0.05) is 35.9 Å². The summed E-state index contributed by atoms with van der Waals surface area (Å²) < 4.78 is 5.22. The van der Waals surface area contributed by atoms with Crippen LogP contribution in [-0.4, -0.2) is 32.0 Å². The first-order chi connectivity index (χ1) is 11.4. The normalized spacial score (nSPS) is 9.88. The molecule has 0 fully saturated rings. The number of nitrogens with one attached hydrogen (secondary N) is 1. The highest BCUT2D eigenvalue weighted by Gasteiger charge is 2.15. The molecule has 2 aromatic carbocycles. The predicted octanol–water partition coefficient (Wildman–Crippen LogP) is 3.77. The lowest BCUT2D eigenvalue weighted by molar-refractivity contribution is 0.0948. The van der Waals surface area contributed by atoms with E-state index in [0.29, 0.717) is 28.6 Å². The number of carbonyl (C=O) groups excluding carboxylic acids is 1. The zero-order chi connectivity index (χ0) is 17.7. The maximum atomic E-state index is 12.5. The summed E-state index contributed by atoms with van der Waals surface area (Å²) in [6.45, 7) is 1.23. The molecule has 8 heteroatoms. The molecule has 0 saturated carbocycles. The van der Waals surface area contributed by atoms with Gasteiger partial charge in [0.2, 0.25) is 0 Å². The Kier molecular flexibility index (Phi) is 10.4. The maximum Gasteiger partial charge on any atom is 0.255 e. The smallest absolute Gasteiger partial charge is 0.255 e. The number of anilines is 1. The number of rotatable bonds is 6. The second-order valence-corrected chi connectivity index (χ2v) is 6.17. The van der Waals surface area contributed by atoms with E-state index in [0.717, 1.165) is 12.1 Å². The fraction of sp³-hybridized carbons (Fsp3) is 0.278. The number of hydrogen-bond acceptors (Lipinski definition) is 4. The second-order valence-electron chi connectivity index (χ2n) is 5.76. The standard InChI is InChI=1S/C18H22ClN3O2.2ClH/c1-22(2)11-13-7-5-4-6-12(13)10-21-18(23)14-8-15(19)16(20)9-17(14)24-3;;/h4-9H,10-11,20H2,1-3H3,(H,21,23);2*1H. The van der Waals surface area contributed by atoms with Crippen LogP contribution in [0.1, 0.15) is 21.5 Å². The minimum absolute atomic E-state index is 0. The molecule has 0 bridgehead atoms. The molecule has 2 aromatic rings. The Hall–Kier alpha value is -1.66. The van der Waals surface area contributed by atoms with E-state index in [1.165, 1.54) is 18.7 Å². The summed E-state index contributed by atoms with van der Waals surface area (Å²) in [7, 11) is 5.51. The molecular formula is C18H24Cl3N3O2. The SMILES string of the molecule is COc1cc(N)c(Cl)cc1C(=O)NCc1ccccc1CN(C)C.Cl.Cl. The fourth-order valence-corrected chi connectivity index (χ4v) is 2.57. The van der Waals surface area contributed by atoms with Gasteiger partial charge >= 0.3 is 0 Å². The summed E-state index contributed by atoms with van der Waals surface area (Å²) in [6, 6.07) is 11.1. The molecule has 1 amide bonds. The first-order valence-electron chi connectivity index (χ1n) is 7.55. The Labute approximate surface area is 171 Å². The van der Waals surface area contributed by atoms with Crippen molar-refractivity contribution >= 4 is 48.0 Å². The van der Waals surface area contributed by atoms with Gasteiger partial charge in [0.25, 0.3) is 5.91 Å². The minimum Gasteiger partial charge on any atom is -0.496 e. The van der Waals surface area contributed by atoms with Crippen LogP contribution < -0.4 is 15.8 Å². The van der Waals surface area contributed by atoms with Crippen LogP contribution in [0.5, 0.6) is 5.75 Å². The number of nitrogens with two attached hydrogens (primary N) is 1. The zero-order valence-electron chi connectivity index (χ0n) is 14.9. The molecule has 0 aliphatic carbocycles. The summed E-state index contributed by atoms with van der Waals surface area (Å²) >= 11 is 6.02. The van der Waals surface area contributed by atoms with Crippen LogP contribution in [0.15, 0.2) is 36.4 Å². The van der Waals surface area contributed by atoms with Gasteiger partial charge < -0.3 is 20.7 Å². The highest BCUT2D eigenvalue weighted by Crippen LogP contribution is 2.28. The van der Waals surface area contributed by atoms with E-state index in [2.05, 4.69) is 16.3 Å². The van der Waals surface area contributed by atoms with E-state index in [-0.39, 0.29) is 30.7 Å². The van der Waals surface area contributed by atoms with Crippen molar-refractivity contribution in [1.82, 2.24) is 10.2 Å². The molecule has 0 aromatic heterocycles. The Morgan fingerprint density at radius 1 is 1.19 bits per heavy atom. The van der Waals surface area contributed by atoms with Crippen molar-refractivity contribution in [3.63, 3.8) is 0 Å². The molecule has 0 aliphatic rings. The third-order valence-corrected chi connectivity index (χ3v) is 3.94. The third kappa shape index (κ3) is 6.25. The van der Waals surface area contributed by atoms with Crippen molar-refractivity contribution in [2.24, 2.45) is 0 Å². The zero-order valence-corrected chi connectivity index (χ0v) is 17.3. The first-order valence-corrected chi connectivity index (χ1v) is 7.93. The number of amides is 1. The van der Waals surface area contributed by atoms with Crippen molar-refractivity contribution in [3.05, 3.63) is 58.1 Å². The molecule has 5 nitrogen and oxygen atoms in total. The quantitative estimate of drug-likeness (QED) is 0.698. The van der Waals surface area contributed by atoms with E-state index >= 15 is 0 Å². The average Bonchev–Trinajstić information content (AvgIpc) is 2.55. The van der Waals surface area contributed by atoms with Crippen molar-refractivity contribution in [1.29, 1.82) is 0 Å². The van der Waals surface area contributed by atoms with Gasteiger partial charge in [-0.2, -0.15) is 0 Å². The third-order valence-electron chi connectivity index (χ3n) is 3.61. The number of carbonyl (C=O) groups is 1. The molecule has 0 aliphatic heterocycles. The van der Waals surface area contributed by atoms with Gasteiger partial charge in [-0.3, -0.25) is 4.79 Å². The van der Waals surface area contributed by atoms with Crippen molar-refractivity contribution < 1.29 is 9.53 Å². The number of nitrogens with zero attached hydrogens (tertiary/aromatic N) is 1. The van der Waals surface area contributed by atoms with E-state index in [4.69, 9.17) is 22.1 Å². The highest BCUT2D eigenvalue weighted by atomic mass is 35.5. The van der Waals surface area contributed by atoms with Crippen LogP contribution in [0.4, 0.5) is 5.69 Å². The van der Waals surface area contributed by atoms with Crippen LogP contribution in [0.2, 0.25) is 5.02 Å². The molecule has 0 spiro atoms. The maximum absolute atomic E-state index is 12.5. The molecule has 3 N–H and O–H groups in total. The Morgan fingerprint density at radius 3 is 2.38 bits per heavy atom. The molecule has 2 rings (SSSR count). The van der Waals surface area contributed by atoms with Crippen LogP contribution in [0.3, 0.4) is 0 Å². The fourth-order valence-electron chi connectivity index (χ4n) is 2.41. The highest BCUT2D eigenvalue weighted by molar-refractivity contribution is 6.33. The predicted molar refractivity (Wildman–Crippen MR) is 112 cm³/mol. The Morgan fingerprint density at radius 2 is 1.81 bits per heavy atom. The molecule has 26 heavy (non-hydrogen) atoms.